The summed E-state index contributed by atoms with van der Waals surface area (Å²) in [5, 5.41) is 86.2. The van der Waals surface area contributed by atoms with Crippen LogP contribution in [0.25, 0.3) is 0 Å². The number of rotatable bonds is 28. The number of aryl methyl sites for hydroxylation is 4. The quantitative estimate of drug-likeness (QED) is 0.0110. The van der Waals surface area contributed by atoms with Gasteiger partial charge in [0.1, 0.15) is 23.3 Å². The molecule has 1 radical (unpaired) electrons. The van der Waals surface area contributed by atoms with E-state index in [0.717, 1.165) is 0 Å². The van der Waals surface area contributed by atoms with E-state index < -0.39 is 31.3 Å². The van der Waals surface area contributed by atoms with E-state index in [1.165, 1.54) is 0 Å². The molecule has 0 amide bonds. The Morgan fingerprint density at radius 2 is 0.423 bits per heavy atom. The van der Waals surface area contributed by atoms with E-state index >= 15 is 0 Å². The van der Waals surface area contributed by atoms with Gasteiger partial charge in [-0.1, -0.05) is 36.4 Å². The van der Waals surface area contributed by atoms with Gasteiger partial charge in [-0.15, -0.1) is 0 Å². The Morgan fingerprint density at radius 1 is 0.293 bits per heavy atom. The maximum absolute atomic E-state index is 10.7. The molecular formula is C72H78Ag3F6N30O10S2. The van der Waals surface area contributed by atoms with E-state index in [2.05, 4.69) is 111 Å². The van der Waals surface area contributed by atoms with Crippen molar-refractivity contribution < 1.29 is 140 Å². The van der Waals surface area contributed by atoms with Crippen LogP contribution in [0.15, 0.2) is 174 Å². The molecule has 10 aromatic heterocycles. The largest absolute Gasteiger partial charge is 1.00 e. The Morgan fingerprint density at radius 3 is 0.553 bits per heavy atom. The summed E-state index contributed by atoms with van der Waals surface area (Å²) < 4.78 is 118. The van der Waals surface area contributed by atoms with Crippen LogP contribution < -0.4 is 40.1 Å². The number of nitrogens with zero attached hydrogens (tertiary/aromatic N) is 30. The molecule has 663 valence electrons. The van der Waals surface area contributed by atoms with Crippen LogP contribution in [0.5, 0.6) is 0 Å². The molecule has 0 aliphatic heterocycles. The third-order valence-corrected chi connectivity index (χ3v) is 16.0. The Hall–Kier alpha value is -11.6. The van der Waals surface area contributed by atoms with Crippen LogP contribution >= 0.6 is 0 Å². The van der Waals surface area contributed by atoms with Crippen molar-refractivity contribution in [3.63, 3.8) is 0 Å². The molecule has 51 heteroatoms. The van der Waals surface area contributed by atoms with Gasteiger partial charge in [0, 0.05) is 103 Å². The summed E-state index contributed by atoms with van der Waals surface area (Å²) >= 11 is 0. The second-order valence-corrected chi connectivity index (χ2v) is 27.0. The molecule has 40 nitrogen and oxygen atoms in total. The van der Waals surface area contributed by atoms with Crippen molar-refractivity contribution in [3.8, 4) is 0 Å². The van der Waals surface area contributed by atoms with E-state index in [0.29, 0.717) is 138 Å². The van der Waals surface area contributed by atoms with Crippen LogP contribution in [0.1, 0.15) is 91.6 Å². The third-order valence-electron chi connectivity index (χ3n) is 14.9. The molecule has 0 unspecified atom stereocenters. The molecule has 4 N–H and O–H groups in total. The SMILES string of the molecule is Cc1nc(N(C)/N=C/c2cccc(/C=N/N(C)c3cc(N(C)/N=C/c4cccc(CO)n4)nc(C)n3)n2)cc(N(C)/N=C/c2cccc(CO)n2)n1.Cc1nc(N(C)/N=C/c2cccc(/C=N/N(C)c3cc(N(C)/N=C/c4cccc(CO)n4)nc(C)n3)n2)cc(N(C)/N=C/c2cccc(CO)n2)n1.O=S(=O)([O-])C(F)(F)F.O=S(=O)([O-])C(F)(F)F.[Ag+].[Ag+].[Ag]. The van der Waals surface area contributed by atoms with Gasteiger partial charge in [-0.25, -0.2) is 86.6 Å². The van der Waals surface area contributed by atoms with Gasteiger partial charge in [0.15, 0.2) is 66.8 Å². The van der Waals surface area contributed by atoms with Gasteiger partial charge in [-0.3, -0.25) is 40.1 Å². The monoisotopic (exact) mass is 2020 g/mol. The zero-order valence-electron chi connectivity index (χ0n) is 66.8. The molecule has 0 bridgehead atoms. The number of hydrazone groups is 8. The first-order chi connectivity index (χ1) is 56.7. The predicted octanol–water partition coefficient (Wildman–Crippen LogP) is 5.96. The van der Waals surface area contributed by atoms with Crippen LogP contribution in [0, 0.1) is 27.7 Å². The molecule has 0 saturated carbocycles. The minimum atomic E-state index is -6.09. The first-order valence-electron chi connectivity index (χ1n) is 34.6. The first-order valence-corrected chi connectivity index (χ1v) is 37.4. The average Bonchev–Trinajstić information content (AvgIpc) is 0.836. The number of aliphatic hydroxyl groups is 4. The van der Waals surface area contributed by atoms with Gasteiger partial charge >= 0.3 is 55.8 Å². The van der Waals surface area contributed by atoms with Gasteiger partial charge < -0.3 is 29.5 Å². The standard InChI is InChI=1S/2C35H39N15O2.2CHF3O3S.3Ag/c2*1-24-40-32(16-34(42-24)49(5)38-20-28-12-8-14-30(22-51)45-28)47(3)36-18-26-10-7-11-27(44-26)19-37-48(4)33-17-35(43-25(2)41-33)50(6)39-21-29-13-9-15-31(23-52)46-29;2*2-1(3,4)8(5,6)7;;;/h2*7-21,51-52H,22-23H2,1-6H3;2*(H,5,6,7);;;/q;;;;;2*+1/p-2/b2*36-18+,37-19+,38-20+,39-21+;;;;;. The zero-order chi connectivity index (χ0) is 88.1. The molecule has 0 aromatic carbocycles. The maximum Gasteiger partial charge on any atom is 1.00 e. The molecule has 0 aliphatic rings. The number of alkyl halides is 6. The van der Waals surface area contributed by atoms with Crippen LogP contribution in [0.2, 0.25) is 0 Å². The van der Waals surface area contributed by atoms with Crippen molar-refractivity contribution >= 4 is 116 Å². The first kappa shape index (κ1) is 104. The fourth-order valence-corrected chi connectivity index (χ4v) is 8.97. The summed E-state index contributed by atoms with van der Waals surface area (Å²) in [5.74, 6) is 6.67. The minimum Gasteiger partial charge on any atom is -0.741 e. The smallest absolute Gasteiger partial charge is 0.741 e. The number of aliphatic hydroxyl groups excluding tert-OH is 4. The molecule has 10 rings (SSSR count). The van der Waals surface area contributed by atoms with E-state index in [-0.39, 0.29) is 93.6 Å². The number of halogens is 6. The van der Waals surface area contributed by atoms with Crippen LogP contribution in [-0.2, 0) is 114 Å². The van der Waals surface area contributed by atoms with Gasteiger partial charge in [-0.2, -0.15) is 67.2 Å². The van der Waals surface area contributed by atoms with Gasteiger partial charge in [0.05, 0.1) is 144 Å². The van der Waals surface area contributed by atoms with Crippen LogP contribution in [0.4, 0.5) is 72.9 Å². The fourth-order valence-electron chi connectivity index (χ4n) is 8.97. The third kappa shape index (κ3) is 34.4. The summed E-state index contributed by atoms with van der Waals surface area (Å²) in [6.45, 7) is 6.60. The van der Waals surface area contributed by atoms with Crippen molar-refractivity contribution in [2.45, 2.75) is 65.1 Å². The summed E-state index contributed by atoms with van der Waals surface area (Å²) in [7, 11) is 2.03. The summed E-state index contributed by atoms with van der Waals surface area (Å²) in [6.07, 6.45) is 12.9. The topological polar surface area (TPSA) is 501 Å². The molecule has 0 atom stereocenters. The van der Waals surface area contributed by atoms with Crippen molar-refractivity contribution in [1.29, 1.82) is 0 Å². The van der Waals surface area contributed by atoms with Crippen LogP contribution in [0.3, 0.4) is 0 Å². The fraction of sp³-hybridized carbons (Fsp3) is 0.250. The van der Waals surface area contributed by atoms with E-state index in [9.17, 15) is 46.8 Å². The molecular weight excluding hydrogens is 1950 g/mol. The van der Waals surface area contributed by atoms with Gasteiger partial charge in [0.2, 0.25) is 0 Å². The molecule has 0 saturated heterocycles. The van der Waals surface area contributed by atoms with Crippen LogP contribution in [-0.4, -0.2) is 233 Å². The molecule has 0 spiro atoms. The average molecular weight is 2030 g/mol. The zero-order valence-corrected chi connectivity index (χ0v) is 72.9. The van der Waals surface area contributed by atoms with Crippen molar-refractivity contribution in [2.24, 2.45) is 40.8 Å². The second kappa shape index (κ2) is 48.9. The molecule has 10 heterocycles. The van der Waals surface area contributed by atoms with E-state index in [4.69, 9.17) is 25.9 Å². The second-order valence-electron chi connectivity index (χ2n) is 24.3. The molecule has 0 aliphatic carbocycles. The maximum atomic E-state index is 10.7. The number of anilines is 8. The Balaban J connectivity index is 0.000000428. The molecule has 10 aromatic rings. The summed E-state index contributed by atoms with van der Waals surface area (Å²) in [4.78, 5) is 62.7. The molecule has 123 heavy (non-hydrogen) atoms. The normalized spacial score (nSPS) is 11.7. The van der Waals surface area contributed by atoms with E-state index in [1.807, 2.05) is 60.7 Å². The summed E-state index contributed by atoms with van der Waals surface area (Å²) in [5.41, 5.74) is -4.15. The van der Waals surface area contributed by atoms with Gasteiger partial charge in [-0.05, 0) is 100 Å². The van der Waals surface area contributed by atoms with E-state index in [1.54, 1.807) is 247 Å². The number of hydrogen-bond donors (Lipinski definition) is 4. The van der Waals surface area contributed by atoms with Crippen molar-refractivity contribution in [3.05, 3.63) is 225 Å². The minimum absolute atomic E-state index is 0. The Labute approximate surface area is 748 Å². The van der Waals surface area contributed by atoms with Gasteiger partial charge in [0.25, 0.3) is 0 Å². The Bertz CT molecular complexity index is 5020. The van der Waals surface area contributed by atoms with Crippen molar-refractivity contribution in [2.75, 3.05) is 96.5 Å². The number of hydrogen-bond acceptors (Lipinski definition) is 40. The summed E-state index contributed by atoms with van der Waals surface area (Å²) in [6, 6.07) is 39.6. The molecule has 0 fully saturated rings. The predicted molar refractivity (Wildman–Crippen MR) is 436 cm³/mol. The number of aromatic nitrogens is 14. The number of pyridine rings is 6. The van der Waals surface area contributed by atoms with Crippen molar-refractivity contribution in [1.82, 2.24) is 69.8 Å². The Kier molecular flexibility index (Phi) is 41.3.